The van der Waals surface area contributed by atoms with Crippen LogP contribution < -0.4 is 14.8 Å². The molecule has 2 aliphatic rings. The summed E-state index contributed by atoms with van der Waals surface area (Å²) in [5.74, 6) is 0.596. The summed E-state index contributed by atoms with van der Waals surface area (Å²) in [7, 11) is 0. The normalized spacial score (nSPS) is 15.5. The third-order valence-corrected chi connectivity index (χ3v) is 7.51. The van der Waals surface area contributed by atoms with E-state index < -0.39 is 11.9 Å². The summed E-state index contributed by atoms with van der Waals surface area (Å²) < 4.78 is 26.1. The number of fused-ring (bicyclic) bond motifs is 1. The molecule has 2 amide bonds. The number of carbonyl (C=O) groups excluding carboxylic acids is 2. The first-order valence-electron chi connectivity index (χ1n) is 13.8. The number of nitrogens with zero attached hydrogens (tertiary/aromatic N) is 1. The van der Waals surface area contributed by atoms with Crippen LogP contribution in [0.1, 0.15) is 48.8 Å². The van der Waals surface area contributed by atoms with Crippen LogP contribution in [0.15, 0.2) is 72.8 Å². The molecule has 3 aromatic rings. The van der Waals surface area contributed by atoms with E-state index >= 15 is 0 Å². The molecule has 1 saturated carbocycles. The maximum absolute atomic E-state index is 14.8. The molecule has 3 aromatic carbocycles. The predicted molar refractivity (Wildman–Crippen MR) is 147 cm³/mol. The van der Waals surface area contributed by atoms with Gasteiger partial charge in [-0.3, -0.25) is 9.59 Å². The average molecular weight is 531 g/mol. The Kier molecular flexibility index (Phi) is 8.76. The van der Waals surface area contributed by atoms with Gasteiger partial charge in [0.15, 0.2) is 11.5 Å². The standard InChI is InChI=1S/C32H35FN2O4/c33-27-13-7-4-10-25(27)22-35(31(36)17-15-24-14-16-29-30(21-24)39-19-18-38-29)28(20-23-8-2-1-3-9-23)32(37)34-26-11-5-6-12-26/h1-4,7-10,13-14,16,21,26,28H,5-6,11-12,15,17-20,22H2,(H,34,37)/t28-/m1/s1. The van der Waals surface area contributed by atoms with Crippen LogP contribution in [0.25, 0.3) is 0 Å². The zero-order chi connectivity index (χ0) is 27.0. The number of nitrogens with one attached hydrogen (secondary N) is 1. The van der Waals surface area contributed by atoms with Crippen LogP contribution in [-0.2, 0) is 29.0 Å². The van der Waals surface area contributed by atoms with Crippen molar-refractivity contribution in [3.63, 3.8) is 0 Å². The summed E-state index contributed by atoms with van der Waals surface area (Å²) in [6.45, 7) is 1.02. The van der Waals surface area contributed by atoms with Gasteiger partial charge in [0.1, 0.15) is 25.1 Å². The van der Waals surface area contributed by atoms with Gasteiger partial charge in [-0.05, 0) is 48.6 Å². The highest BCUT2D eigenvalue weighted by Crippen LogP contribution is 2.31. The highest BCUT2D eigenvalue weighted by molar-refractivity contribution is 5.88. The van der Waals surface area contributed by atoms with Crippen molar-refractivity contribution < 1.29 is 23.5 Å². The number of carbonyl (C=O) groups is 2. The molecule has 6 nitrogen and oxygen atoms in total. The summed E-state index contributed by atoms with van der Waals surface area (Å²) in [5.41, 5.74) is 2.27. The van der Waals surface area contributed by atoms with Gasteiger partial charge in [0.25, 0.3) is 0 Å². The lowest BCUT2D eigenvalue weighted by Gasteiger charge is -2.32. The molecule has 1 heterocycles. The van der Waals surface area contributed by atoms with Crippen molar-refractivity contribution in [1.82, 2.24) is 10.2 Å². The summed E-state index contributed by atoms with van der Waals surface area (Å²) in [6.07, 6.45) is 5.04. The van der Waals surface area contributed by atoms with Gasteiger partial charge in [0.2, 0.25) is 11.8 Å². The van der Waals surface area contributed by atoms with Crippen molar-refractivity contribution in [1.29, 1.82) is 0 Å². The van der Waals surface area contributed by atoms with E-state index in [9.17, 15) is 14.0 Å². The van der Waals surface area contributed by atoms with E-state index in [4.69, 9.17) is 9.47 Å². The Morgan fingerprint density at radius 2 is 1.62 bits per heavy atom. The van der Waals surface area contributed by atoms with Crippen molar-refractivity contribution in [3.8, 4) is 11.5 Å². The number of amides is 2. The molecule has 0 bridgehead atoms. The predicted octanol–water partition coefficient (Wildman–Crippen LogP) is 5.23. The number of rotatable bonds is 10. The minimum atomic E-state index is -0.764. The summed E-state index contributed by atoms with van der Waals surface area (Å²) in [5, 5.41) is 3.19. The smallest absolute Gasteiger partial charge is 0.243 e. The molecule has 1 aliphatic carbocycles. The first-order valence-corrected chi connectivity index (χ1v) is 13.8. The van der Waals surface area contributed by atoms with Crippen molar-refractivity contribution in [3.05, 3.63) is 95.3 Å². The van der Waals surface area contributed by atoms with Crippen molar-refractivity contribution >= 4 is 11.8 Å². The quantitative estimate of drug-likeness (QED) is 0.390. The van der Waals surface area contributed by atoms with Crippen LogP contribution in [0.5, 0.6) is 11.5 Å². The SMILES string of the molecule is O=C(NC1CCCC1)[C@@H](Cc1ccccc1)N(Cc1ccccc1F)C(=O)CCc1ccc2c(c1)OCCO2. The van der Waals surface area contributed by atoms with Gasteiger partial charge in [-0.15, -0.1) is 0 Å². The van der Waals surface area contributed by atoms with E-state index in [0.717, 1.165) is 36.8 Å². The molecule has 39 heavy (non-hydrogen) atoms. The molecule has 0 saturated heterocycles. The van der Waals surface area contributed by atoms with Crippen LogP contribution >= 0.6 is 0 Å². The molecule has 204 valence electrons. The van der Waals surface area contributed by atoms with E-state index in [2.05, 4.69) is 5.32 Å². The van der Waals surface area contributed by atoms with E-state index in [-0.39, 0.29) is 30.8 Å². The largest absolute Gasteiger partial charge is 0.486 e. The van der Waals surface area contributed by atoms with Gasteiger partial charge in [-0.2, -0.15) is 0 Å². The lowest BCUT2D eigenvalue weighted by Crippen LogP contribution is -2.52. The summed E-state index contributed by atoms with van der Waals surface area (Å²) in [6, 6.07) is 21.1. The van der Waals surface area contributed by atoms with Crippen LogP contribution in [-0.4, -0.2) is 42.0 Å². The highest BCUT2D eigenvalue weighted by atomic mass is 19.1. The number of aryl methyl sites for hydroxylation is 1. The molecule has 1 N–H and O–H groups in total. The van der Waals surface area contributed by atoms with Gasteiger partial charge in [-0.25, -0.2) is 4.39 Å². The zero-order valence-electron chi connectivity index (χ0n) is 22.1. The van der Waals surface area contributed by atoms with Crippen LogP contribution in [0.4, 0.5) is 4.39 Å². The fourth-order valence-corrected chi connectivity index (χ4v) is 5.37. The number of ether oxygens (including phenoxy) is 2. The number of hydrogen-bond donors (Lipinski definition) is 1. The average Bonchev–Trinajstić information content (AvgIpc) is 3.48. The van der Waals surface area contributed by atoms with Crippen molar-refractivity contribution in [2.45, 2.75) is 63.6 Å². The minimum Gasteiger partial charge on any atom is -0.486 e. The van der Waals surface area contributed by atoms with Crippen LogP contribution in [0.2, 0.25) is 0 Å². The molecule has 7 heteroatoms. The fourth-order valence-electron chi connectivity index (χ4n) is 5.37. The van der Waals surface area contributed by atoms with Gasteiger partial charge in [-0.1, -0.05) is 67.4 Å². The number of hydrogen-bond acceptors (Lipinski definition) is 4. The molecule has 0 spiro atoms. The van der Waals surface area contributed by atoms with E-state index in [1.165, 1.54) is 6.07 Å². The second kappa shape index (κ2) is 12.8. The molecule has 1 fully saturated rings. The fraction of sp³-hybridized carbons (Fsp3) is 0.375. The molecular formula is C32H35FN2O4. The minimum absolute atomic E-state index is 0.0161. The van der Waals surface area contributed by atoms with Crippen molar-refractivity contribution in [2.75, 3.05) is 13.2 Å². The topological polar surface area (TPSA) is 67.9 Å². The first-order chi connectivity index (χ1) is 19.1. The Hall–Kier alpha value is -3.87. The lowest BCUT2D eigenvalue weighted by molar-refractivity contribution is -0.141. The second-order valence-corrected chi connectivity index (χ2v) is 10.3. The lowest BCUT2D eigenvalue weighted by atomic mass is 10.0. The third-order valence-electron chi connectivity index (χ3n) is 7.51. The number of halogens is 1. The molecule has 0 aromatic heterocycles. The first kappa shape index (κ1) is 26.7. The maximum atomic E-state index is 14.8. The van der Waals surface area contributed by atoms with Gasteiger partial charge in [0, 0.05) is 31.0 Å². The monoisotopic (exact) mass is 530 g/mol. The van der Waals surface area contributed by atoms with E-state index in [1.807, 2.05) is 48.5 Å². The van der Waals surface area contributed by atoms with E-state index in [1.54, 1.807) is 23.1 Å². The Balaban J connectivity index is 1.40. The Morgan fingerprint density at radius 3 is 2.38 bits per heavy atom. The van der Waals surface area contributed by atoms with Crippen LogP contribution in [0.3, 0.4) is 0 Å². The molecule has 1 atom stereocenters. The van der Waals surface area contributed by atoms with Crippen molar-refractivity contribution in [2.24, 2.45) is 0 Å². The summed E-state index contributed by atoms with van der Waals surface area (Å²) >= 11 is 0. The summed E-state index contributed by atoms with van der Waals surface area (Å²) in [4.78, 5) is 29.2. The third kappa shape index (κ3) is 6.96. The maximum Gasteiger partial charge on any atom is 0.243 e. The Morgan fingerprint density at radius 1 is 0.897 bits per heavy atom. The molecule has 5 rings (SSSR count). The highest BCUT2D eigenvalue weighted by Gasteiger charge is 2.32. The van der Waals surface area contributed by atoms with Crippen LogP contribution in [0, 0.1) is 5.82 Å². The molecule has 0 unspecified atom stereocenters. The number of benzene rings is 3. The Bertz CT molecular complexity index is 1280. The zero-order valence-corrected chi connectivity index (χ0v) is 22.1. The Labute approximate surface area is 229 Å². The molecule has 0 radical (unpaired) electrons. The van der Waals surface area contributed by atoms with Gasteiger partial charge in [0.05, 0.1) is 0 Å². The van der Waals surface area contributed by atoms with E-state index in [0.29, 0.717) is 43.1 Å². The second-order valence-electron chi connectivity index (χ2n) is 10.3. The molecule has 1 aliphatic heterocycles. The molecular weight excluding hydrogens is 495 g/mol. The van der Waals surface area contributed by atoms with Gasteiger partial charge >= 0.3 is 0 Å². The van der Waals surface area contributed by atoms with Gasteiger partial charge < -0.3 is 19.7 Å².